The highest BCUT2D eigenvalue weighted by molar-refractivity contribution is 5.94. The lowest BCUT2D eigenvalue weighted by atomic mass is 9.95. The van der Waals surface area contributed by atoms with Crippen LogP contribution < -0.4 is 10.9 Å². The second-order valence-corrected chi connectivity index (χ2v) is 4.68. The number of carbonyl (C=O) groups is 1. The van der Waals surface area contributed by atoms with E-state index in [-0.39, 0.29) is 11.5 Å². The highest BCUT2D eigenvalue weighted by atomic mass is 16.2. The molecule has 1 saturated carbocycles. The number of rotatable bonds is 2. The molecule has 17 heavy (non-hydrogen) atoms. The summed E-state index contributed by atoms with van der Waals surface area (Å²) < 4.78 is 1.43. The summed E-state index contributed by atoms with van der Waals surface area (Å²) in [4.78, 5) is 23.2. The van der Waals surface area contributed by atoms with Crippen molar-refractivity contribution in [3.8, 4) is 0 Å². The van der Waals surface area contributed by atoms with E-state index in [9.17, 15) is 9.59 Å². The molecule has 0 bridgehead atoms. The van der Waals surface area contributed by atoms with Gasteiger partial charge in [-0.3, -0.25) is 9.59 Å². The van der Waals surface area contributed by atoms with Crippen molar-refractivity contribution in [2.24, 2.45) is 7.05 Å². The summed E-state index contributed by atoms with van der Waals surface area (Å²) in [6, 6.07) is 3.31. The average Bonchev–Trinajstić information content (AvgIpc) is 2.34. The fraction of sp³-hybridized carbons (Fsp3) is 0.538. The van der Waals surface area contributed by atoms with E-state index in [1.807, 2.05) is 0 Å². The van der Waals surface area contributed by atoms with Gasteiger partial charge in [-0.15, -0.1) is 0 Å². The van der Waals surface area contributed by atoms with Gasteiger partial charge < -0.3 is 9.88 Å². The number of amides is 1. The van der Waals surface area contributed by atoms with E-state index in [1.54, 1.807) is 19.3 Å². The Labute approximate surface area is 101 Å². The zero-order chi connectivity index (χ0) is 12.3. The maximum Gasteiger partial charge on any atom is 0.252 e. The average molecular weight is 234 g/mol. The number of nitrogens with one attached hydrogen (secondary N) is 1. The second-order valence-electron chi connectivity index (χ2n) is 4.68. The number of aryl methyl sites for hydroxylation is 1. The molecule has 1 aromatic rings. The van der Waals surface area contributed by atoms with Gasteiger partial charge in [-0.25, -0.2) is 0 Å². The van der Waals surface area contributed by atoms with Crippen LogP contribution in [0, 0.1) is 0 Å². The molecule has 0 radical (unpaired) electrons. The monoisotopic (exact) mass is 234 g/mol. The topological polar surface area (TPSA) is 51.1 Å². The largest absolute Gasteiger partial charge is 0.349 e. The predicted octanol–water partition coefficient (Wildman–Crippen LogP) is 1.45. The van der Waals surface area contributed by atoms with E-state index >= 15 is 0 Å². The molecule has 0 unspecified atom stereocenters. The summed E-state index contributed by atoms with van der Waals surface area (Å²) >= 11 is 0. The van der Waals surface area contributed by atoms with Gasteiger partial charge in [-0.05, 0) is 18.9 Å². The zero-order valence-corrected chi connectivity index (χ0v) is 10.1. The third-order valence-corrected chi connectivity index (χ3v) is 3.29. The zero-order valence-electron chi connectivity index (χ0n) is 10.1. The molecule has 0 aliphatic heterocycles. The van der Waals surface area contributed by atoms with Gasteiger partial charge in [0, 0.05) is 25.4 Å². The van der Waals surface area contributed by atoms with Crippen LogP contribution in [0.2, 0.25) is 0 Å². The second kappa shape index (κ2) is 5.17. The van der Waals surface area contributed by atoms with Crippen LogP contribution in [0.25, 0.3) is 0 Å². The number of hydrogen-bond acceptors (Lipinski definition) is 2. The minimum Gasteiger partial charge on any atom is -0.349 e. The smallest absolute Gasteiger partial charge is 0.252 e. The van der Waals surface area contributed by atoms with E-state index < -0.39 is 0 Å². The molecule has 0 atom stereocenters. The molecule has 1 N–H and O–H groups in total. The maximum absolute atomic E-state index is 11.9. The van der Waals surface area contributed by atoms with Gasteiger partial charge in [0.15, 0.2) is 0 Å². The first-order valence-electron chi connectivity index (χ1n) is 6.14. The Hall–Kier alpha value is -1.58. The van der Waals surface area contributed by atoms with Crippen LogP contribution >= 0.6 is 0 Å². The molecule has 0 aromatic carbocycles. The van der Waals surface area contributed by atoms with Crippen molar-refractivity contribution in [1.29, 1.82) is 0 Å². The fourth-order valence-electron chi connectivity index (χ4n) is 2.24. The van der Waals surface area contributed by atoms with Crippen LogP contribution in [0.15, 0.2) is 23.1 Å². The first-order chi connectivity index (χ1) is 8.16. The van der Waals surface area contributed by atoms with Gasteiger partial charge >= 0.3 is 0 Å². The first-order valence-corrected chi connectivity index (χ1v) is 6.14. The molecule has 1 aromatic heterocycles. The predicted molar refractivity (Wildman–Crippen MR) is 66.0 cm³/mol. The van der Waals surface area contributed by atoms with E-state index in [1.165, 1.54) is 29.9 Å². The van der Waals surface area contributed by atoms with Gasteiger partial charge in [0.1, 0.15) is 0 Å². The molecule has 92 valence electrons. The third kappa shape index (κ3) is 2.96. The van der Waals surface area contributed by atoms with E-state index in [4.69, 9.17) is 0 Å². The summed E-state index contributed by atoms with van der Waals surface area (Å²) in [6.07, 6.45) is 7.37. The van der Waals surface area contributed by atoms with Crippen LogP contribution in [-0.4, -0.2) is 16.5 Å². The van der Waals surface area contributed by atoms with Gasteiger partial charge in [0.2, 0.25) is 5.56 Å². The van der Waals surface area contributed by atoms with Crippen LogP contribution in [-0.2, 0) is 7.05 Å². The summed E-state index contributed by atoms with van der Waals surface area (Å²) in [6.45, 7) is 0. The molecule has 0 spiro atoms. The molecule has 0 saturated heterocycles. The maximum atomic E-state index is 11.9. The normalized spacial score (nSPS) is 16.8. The number of nitrogens with zero attached hydrogens (tertiary/aromatic N) is 1. The lowest BCUT2D eigenvalue weighted by molar-refractivity contribution is 0.0927. The summed E-state index contributed by atoms with van der Waals surface area (Å²) in [5.41, 5.74) is 0.455. The van der Waals surface area contributed by atoms with Crippen molar-refractivity contribution in [3.63, 3.8) is 0 Å². The van der Waals surface area contributed by atoms with E-state index in [0.29, 0.717) is 11.6 Å². The molecule has 1 fully saturated rings. The van der Waals surface area contributed by atoms with Gasteiger partial charge in [-0.1, -0.05) is 19.3 Å². The van der Waals surface area contributed by atoms with Crippen molar-refractivity contribution in [3.05, 3.63) is 34.2 Å². The van der Waals surface area contributed by atoms with E-state index in [0.717, 1.165) is 12.8 Å². The summed E-state index contributed by atoms with van der Waals surface area (Å²) in [7, 11) is 1.65. The lowest BCUT2D eigenvalue weighted by Gasteiger charge is -2.22. The Balaban J connectivity index is 2.03. The van der Waals surface area contributed by atoms with Crippen molar-refractivity contribution >= 4 is 5.91 Å². The fourth-order valence-corrected chi connectivity index (χ4v) is 2.24. The number of pyridine rings is 1. The van der Waals surface area contributed by atoms with Crippen LogP contribution in [0.3, 0.4) is 0 Å². The summed E-state index contributed by atoms with van der Waals surface area (Å²) in [5.74, 6) is -0.0764. The first kappa shape index (κ1) is 11.9. The standard InChI is InChI=1S/C13H18N2O2/c1-15-9-10(7-8-12(15)16)13(17)14-11-5-3-2-4-6-11/h7-9,11H,2-6H2,1H3,(H,14,17). The molecular weight excluding hydrogens is 216 g/mol. The Morgan fingerprint density at radius 3 is 2.65 bits per heavy atom. The van der Waals surface area contributed by atoms with Crippen molar-refractivity contribution in [2.75, 3.05) is 0 Å². The molecular formula is C13H18N2O2. The summed E-state index contributed by atoms with van der Waals surface area (Å²) in [5, 5.41) is 3.03. The van der Waals surface area contributed by atoms with Gasteiger partial charge in [0.25, 0.3) is 5.91 Å². The number of aromatic nitrogens is 1. The van der Waals surface area contributed by atoms with Crippen molar-refractivity contribution in [2.45, 2.75) is 38.1 Å². The van der Waals surface area contributed by atoms with Gasteiger partial charge in [-0.2, -0.15) is 0 Å². The third-order valence-electron chi connectivity index (χ3n) is 3.29. The SMILES string of the molecule is Cn1cc(C(=O)NC2CCCCC2)ccc1=O. The highest BCUT2D eigenvalue weighted by Gasteiger charge is 2.16. The molecule has 4 nitrogen and oxygen atoms in total. The Kier molecular flexibility index (Phi) is 3.61. The Bertz CT molecular complexity index is 459. The lowest BCUT2D eigenvalue weighted by Crippen LogP contribution is -2.36. The van der Waals surface area contributed by atoms with Gasteiger partial charge in [0.05, 0.1) is 5.56 Å². The quantitative estimate of drug-likeness (QED) is 0.842. The van der Waals surface area contributed by atoms with Crippen LogP contribution in [0.1, 0.15) is 42.5 Å². The van der Waals surface area contributed by atoms with E-state index in [2.05, 4.69) is 5.32 Å². The molecule has 1 amide bonds. The Morgan fingerprint density at radius 1 is 1.29 bits per heavy atom. The number of hydrogen-bond donors (Lipinski definition) is 1. The Morgan fingerprint density at radius 2 is 2.00 bits per heavy atom. The van der Waals surface area contributed by atoms with Crippen LogP contribution in [0.5, 0.6) is 0 Å². The number of carbonyl (C=O) groups excluding carboxylic acids is 1. The molecule has 1 aliphatic rings. The van der Waals surface area contributed by atoms with Crippen molar-refractivity contribution in [1.82, 2.24) is 9.88 Å². The van der Waals surface area contributed by atoms with Crippen LogP contribution in [0.4, 0.5) is 0 Å². The molecule has 4 heteroatoms. The highest BCUT2D eigenvalue weighted by Crippen LogP contribution is 2.17. The minimum atomic E-state index is -0.0979. The molecule has 1 aliphatic carbocycles. The van der Waals surface area contributed by atoms with Crippen molar-refractivity contribution < 1.29 is 4.79 Å². The minimum absolute atomic E-state index is 0.0764. The molecule has 2 rings (SSSR count). The molecule has 1 heterocycles.